The highest BCUT2D eigenvalue weighted by atomic mass is 16.5. The van der Waals surface area contributed by atoms with Gasteiger partial charge >= 0.3 is 0 Å². The molecule has 3 heterocycles. The van der Waals surface area contributed by atoms with Gasteiger partial charge in [-0.3, -0.25) is 9.69 Å². The lowest BCUT2D eigenvalue weighted by molar-refractivity contribution is -0.194. The number of benzene rings is 1. The van der Waals surface area contributed by atoms with Crippen molar-refractivity contribution in [1.29, 1.82) is 0 Å². The normalized spacial score (nSPS) is 33.2. The summed E-state index contributed by atoms with van der Waals surface area (Å²) >= 11 is 0. The number of ether oxygens (including phenoxy) is 1. The first kappa shape index (κ1) is 17.0. The Kier molecular flexibility index (Phi) is 4.16. The second-order valence-electron chi connectivity index (χ2n) is 9.01. The fraction of sp³-hybridized carbons (Fsp3) is 0.667. The minimum absolute atomic E-state index is 0.0578. The van der Waals surface area contributed by atoms with E-state index in [-0.39, 0.29) is 17.2 Å². The van der Waals surface area contributed by atoms with E-state index in [0.29, 0.717) is 24.9 Å². The van der Waals surface area contributed by atoms with Crippen LogP contribution in [0.3, 0.4) is 0 Å². The van der Waals surface area contributed by atoms with Gasteiger partial charge < -0.3 is 9.64 Å². The molecule has 3 atom stereocenters. The van der Waals surface area contributed by atoms with Gasteiger partial charge in [-0.05, 0) is 17.4 Å². The van der Waals surface area contributed by atoms with Gasteiger partial charge in [-0.25, -0.2) is 0 Å². The van der Waals surface area contributed by atoms with E-state index in [4.69, 9.17) is 4.74 Å². The summed E-state index contributed by atoms with van der Waals surface area (Å²) in [6.45, 7) is 10.4. The van der Waals surface area contributed by atoms with Gasteiger partial charge in [0.1, 0.15) is 5.72 Å². The summed E-state index contributed by atoms with van der Waals surface area (Å²) in [5.41, 5.74) is 1.07. The Bertz CT molecular complexity index is 639. The SMILES string of the molecule is CC(C)(C)[C@H]1CO[C@]23CCN(Cc4ccccc4)C[C@H]2CCC(=O)N13. The van der Waals surface area contributed by atoms with Crippen LogP contribution in [0.5, 0.6) is 0 Å². The number of likely N-dealkylation sites (tertiary alicyclic amines) is 1. The van der Waals surface area contributed by atoms with E-state index in [1.807, 2.05) is 0 Å². The van der Waals surface area contributed by atoms with Gasteiger partial charge in [0.05, 0.1) is 12.6 Å². The zero-order chi connectivity index (χ0) is 17.7. The molecule has 1 amide bonds. The lowest BCUT2D eigenvalue weighted by atomic mass is 9.77. The summed E-state index contributed by atoms with van der Waals surface area (Å²) in [5, 5.41) is 0. The van der Waals surface area contributed by atoms with E-state index >= 15 is 0 Å². The number of amides is 1. The maximum absolute atomic E-state index is 12.8. The molecule has 0 aliphatic carbocycles. The molecule has 3 fully saturated rings. The van der Waals surface area contributed by atoms with Crippen LogP contribution in [0.2, 0.25) is 0 Å². The molecule has 1 spiro atoms. The van der Waals surface area contributed by atoms with Crippen molar-refractivity contribution in [3.63, 3.8) is 0 Å². The van der Waals surface area contributed by atoms with Crippen molar-refractivity contribution in [2.75, 3.05) is 19.7 Å². The summed E-state index contributed by atoms with van der Waals surface area (Å²) < 4.78 is 6.43. The van der Waals surface area contributed by atoms with Crippen molar-refractivity contribution >= 4 is 5.91 Å². The topological polar surface area (TPSA) is 32.8 Å². The lowest BCUT2D eigenvalue weighted by Crippen LogP contribution is -2.65. The first-order valence-corrected chi connectivity index (χ1v) is 9.62. The van der Waals surface area contributed by atoms with Crippen LogP contribution in [-0.2, 0) is 16.1 Å². The summed E-state index contributed by atoms with van der Waals surface area (Å²) in [5.74, 6) is 0.722. The molecule has 0 radical (unpaired) electrons. The van der Waals surface area contributed by atoms with E-state index in [9.17, 15) is 4.79 Å². The Morgan fingerprint density at radius 2 is 2.00 bits per heavy atom. The van der Waals surface area contributed by atoms with Gasteiger partial charge in [-0.1, -0.05) is 51.1 Å². The fourth-order valence-corrected chi connectivity index (χ4v) is 4.95. The number of carbonyl (C=O) groups excluding carboxylic acids is 1. The molecule has 25 heavy (non-hydrogen) atoms. The molecule has 4 nitrogen and oxygen atoms in total. The maximum Gasteiger partial charge on any atom is 0.225 e. The average molecular weight is 342 g/mol. The molecule has 0 saturated carbocycles. The van der Waals surface area contributed by atoms with Crippen molar-refractivity contribution in [3.8, 4) is 0 Å². The predicted molar refractivity (Wildman–Crippen MR) is 97.8 cm³/mol. The van der Waals surface area contributed by atoms with Gasteiger partial charge in [-0.2, -0.15) is 0 Å². The van der Waals surface area contributed by atoms with Crippen molar-refractivity contribution in [2.45, 2.75) is 58.3 Å². The van der Waals surface area contributed by atoms with E-state index in [2.05, 4.69) is 60.9 Å². The van der Waals surface area contributed by atoms with Crippen LogP contribution in [-0.4, -0.2) is 47.2 Å². The number of carbonyl (C=O) groups is 1. The summed E-state index contributed by atoms with van der Waals surface area (Å²) in [6, 6.07) is 10.9. The van der Waals surface area contributed by atoms with Gasteiger partial charge in [0.2, 0.25) is 5.91 Å². The average Bonchev–Trinajstić information content (AvgIpc) is 2.98. The molecule has 0 unspecified atom stereocenters. The molecule has 1 aromatic rings. The van der Waals surface area contributed by atoms with E-state index < -0.39 is 0 Å². The number of rotatable bonds is 2. The molecule has 136 valence electrons. The van der Waals surface area contributed by atoms with Crippen molar-refractivity contribution in [3.05, 3.63) is 35.9 Å². The number of nitrogens with zero attached hydrogens (tertiary/aromatic N) is 2. The largest absolute Gasteiger partial charge is 0.353 e. The second kappa shape index (κ2) is 6.10. The first-order chi connectivity index (χ1) is 11.9. The Labute approximate surface area is 151 Å². The van der Waals surface area contributed by atoms with Gasteiger partial charge in [0, 0.05) is 38.4 Å². The highest BCUT2D eigenvalue weighted by Crippen LogP contribution is 2.49. The third kappa shape index (κ3) is 2.89. The van der Waals surface area contributed by atoms with Crippen LogP contribution >= 0.6 is 0 Å². The summed E-state index contributed by atoms with van der Waals surface area (Å²) in [6.07, 6.45) is 2.56. The molecule has 0 N–H and O–H groups in total. The molecule has 3 saturated heterocycles. The molecular weight excluding hydrogens is 312 g/mol. The van der Waals surface area contributed by atoms with Gasteiger partial charge in [0.25, 0.3) is 0 Å². The zero-order valence-corrected chi connectivity index (χ0v) is 15.7. The third-order valence-electron chi connectivity index (χ3n) is 6.34. The lowest BCUT2D eigenvalue weighted by Gasteiger charge is -2.54. The summed E-state index contributed by atoms with van der Waals surface area (Å²) in [4.78, 5) is 17.5. The van der Waals surface area contributed by atoms with Crippen LogP contribution in [0, 0.1) is 11.3 Å². The Hall–Kier alpha value is -1.39. The number of hydrogen-bond acceptors (Lipinski definition) is 3. The molecule has 0 bridgehead atoms. The fourth-order valence-electron chi connectivity index (χ4n) is 4.95. The van der Waals surface area contributed by atoms with Crippen LogP contribution in [0.15, 0.2) is 30.3 Å². The molecule has 0 aromatic heterocycles. The smallest absolute Gasteiger partial charge is 0.225 e. The second-order valence-corrected chi connectivity index (χ2v) is 9.01. The van der Waals surface area contributed by atoms with Crippen molar-refractivity contribution < 1.29 is 9.53 Å². The zero-order valence-electron chi connectivity index (χ0n) is 15.7. The number of hydrogen-bond donors (Lipinski definition) is 0. The third-order valence-corrected chi connectivity index (χ3v) is 6.34. The highest BCUT2D eigenvalue weighted by Gasteiger charge is 2.60. The van der Waals surface area contributed by atoms with Gasteiger partial charge in [-0.15, -0.1) is 0 Å². The molecule has 4 heteroatoms. The molecule has 3 aliphatic heterocycles. The van der Waals surface area contributed by atoms with Crippen LogP contribution in [0.4, 0.5) is 0 Å². The monoisotopic (exact) mass is 342 g/mol. The standard InChI is InChI=1S/C21H30N2O2/c1-20(2,3)18-15-25-21-11-12-22(13-16-7-5-4-6-8-16)14-17(21)9-10-19(24)23(18)21/h4-8,17-18H,9-15H2,1-3H3/t17-,18-,21-/m1/s1. The minimum Gasteiger partial charge on any atom is -0.353 e. The van der Waals surface area contributed by atoms with E-state index in [1.165, 1.54) is 5.56 Å². The molecular formula is C21H30N2O2. The minimum atomic E-state index is -0.347. The molecule has 1 aromatic carbocycles. The number of piperidine rings is 2. The van der Waals surface area contributed by atoms with Gasteiger partial charge in [0.15, 0.2) is 0 Å². The highest BCUT2D eigenvalue weighted by molar-refractivity contribution is 5.79. The Balaban J connectivity index is 1.54. The van der Waals surface area contributed by atoms with Crippen molar-refractivity contribution in [1.82, 2.24) is 9.80 Å². The van der Waals surface area contributed by atoms with Crippen molar-refractivity contribution in [2.24, 2.45) is 11.3 Å². The maximum atomic E-state index is 12.8. The Morgan fingerprint density at radius 3 is 2.72 bits per heavy atom. The van der Waals surface area contributed by atoms with Crippen LogP contribution in [0.1, 0.15) is 45.6 Å². The summed E-state index contributed by atoms with van der Waals surface area (Å²) in [7, 11) is 0. The molecule has 3 aliphatic rings. The molecule has 4 rings (SSSR count). The Morgan fingerprint density at radius 1 is 1.24 bits per heavy atom. The first-order valence-electron chi connectivity index (χ1n) is 9.62. The van der Waals surface area contributed by atoms with Crippen LogP contribution < -0.4 is 0 Å². The quantitative estimate of drug-likeness (QED) is 0.827. The van der Waals surface area contributed by atoms with Crippen LogP contribution in [0.25, 0.3) is 0 Å². The predicted octanol–water partition coefficient (Wildman–Crippen LogP) is 3.27. The van der Waals surface area contributed by atoms with E-state index in [1.54, 1.807) is 0 Å². The van der Waals surface area contributed by atoms with E-state index in [0.717, 1.165) is 32.5 Å².